The molecule has 5 N–H and O–H groups in total. The molecule has 1 heterocycles. The molecule has 0 saturated carbocycles. The highest BCUT2D eigenvalue weighted by Gasteiger charge is 2.32. The van der Waals surface area contributed by atoms with E-state index in [0.29, 0.717) is 11.6 Å². The highest BCUT2D eigenvalue weighted by Crippen LogP contribution is 2.26. The van der Waals surface area contributed by atoms with Gasteiger partial charge in [0, 0.05) is 30.0 Å². The van der Waals surface area contributed by atoms with E-state index >= 15 is 0 Å². The lowest BCUT2D eigenvalue weighted by Gasteiger charge is -2.37. The van der Waals surface area contributed by atoms with Crippen molar-refractivity contribution < 1.29 is 0 Å². The normalized spacial score (nSPS) is 21.2. The van der Waals surface area contributed by atoms with Gasteiger partial charge in [0.2, 0.25) is 5.79 Å². The number of aliphatic imine (C=N–C) groups is 1. The van der Waals surface area contributed by atoms with Gasteiger partial charge in [0.05, 0.1) is 0 Å². The maximum absolute atomic E-state index is 6.59. The Hall–Kier alpha value is -2.01. The molecule has 0 bridgehead atoms. The Bertz CT molecular complexity index is 586. The number of amidine groups is 1. The molecule has 22 heavy (non-hydrogen) atoms. The number of nitrogen functional groups attached to an aromatic ring is 1. The first-order valence-corrected chi connectivity index (χ1v) is 7.89. The van der Waals surface area contributed by atoms with Crippen molar-refractivity contribution in [2.24, 2.45) is 16.6 Å². The molecule has 1 aliphatic rings. The smallest absolute Gasteiger partial charge is 0.211 e. The Morgan fingerprint density at radius 2 is 1.95 bits per heavy atom. The second-order valence-corrected chi connectivity index (χ2v) is 5.91. The Morgan fingerprint density at radius 3 is 2.50 bits per heavy atom. The first-order chi connectivity index (χ1) is 10.4. The maximum atomic E-state index is 6.59. The minimum absolute atomic E-state index is 0.338. The van der Waals surface area contributed by atoms with Crippen LogP contribution < -0.4 is 16.8 Å². The summed E-state index contributed by atoms with van der Waals surface area (Å²) in [5.41, 5.74) is 15.1. The monoisotopic (exact) mass is 301 g/mol. The van der Waals surface area contributed by atoms with Crippen molar-refractivity contribution in [2.75, 3.05) is 18.8 Å². The highest BCUT2D eigenvalue weighted by molar-refractivity contribution is 5.94. The first kappa shape index (κ1) is 16.4. The summed E-state index contributed by atoms with van der Waals surface area (Å²) < 4.78 is 0. The van der Waals surface area contributed by atoms with Crippen molar-refractivity contribution in [3.63, 3.8) is 0 Å². The van der Waals surface area contributed by atoms with E-state index in [4.69, 9.17) is 16.5 Å². The topological polar surface area (TPSA) is 79.7 Å². The molecule has 0 spiro atoms. The van der Waals surface area contributed by atoms with Crippen LogP contribution in [0.15, 0.2) is 41.0 Å². The molecule has 0 aliphatic carbocycles. The molecule has 0 radical (unpaired) electrons. The number of hydrogen-bond acceptors (Lipinski definition) is 5. The lowest BCUT2D eigenvalue weighted by Crippen LogP contribution is -2.53. The summed E-state index contributed by atoms with van der Waals surface area (Å²) in [6.45, 7) is 10.3. The molecule has 0 aromatic heterocycles. The number of allylic oxidation sites excluding steroid dienone is 1. The van der Waals surface area contributed by atoms with Crippen molar-refractivity contribution >= 4 is 11.5 Å². The van der Waals surface area contributed by atoms with Crippen LogP contribution in [0.2, 0.25) is 0 Å². The molecule has 1 unspecified atom stereocenters. The number of likely N-dealkylation sites (N-methyl/N-ethyl adjacent to an activating group) is 1. The predicted octanol–water partition coefficient (Wildman–Crippen LogP) is 2.22. The van der Waals surface area contributed by atoms with Crippen molar-refractivity contribution in [3.05, 3.63) is 41.6 Å². The molecular weight excluding hydrogens is 274 g/mol. The van der Waals surface area contributed by atoms with Crippen molar-refractivity contribution in [1.29, 1.82) is 0 Å². The Kier molecular flexibility index (Phi) is 4.76. The van der Waals surface area contributed by atoms with Crippen LogP contribution in [0.1, 0.15) is 33.3 Å². The molecule has 5 heteroatoms. The van der Waals surface area contributed by atoms with Crippen LogP contribution in [-0.2, 0) is 5.79 Å². The summed E-state index contributed by atoms with van der Waals surface area (Å²) >= 11 is 0. The van der Waals surface area contributed by atoms with Gasteiger partial charge < -0.3 is 16.0 Å². The number of nitrogens with zero attached hydrogens (tertiary/aromatic N) is 2. The zero-order valence-corrected chi connectivity index (χ0v) is 13.9. The lowest BCUT2D eigenvalue weighted by atomic mass is 10.0. The molecule has 120 valence electrons. The Labute approximate surface area is 133 Å². The van der Waals surface area contributed by atoms with E-state index in [-0.39, 0.29) is 0 Å². The third-order valence-electron chi connectivity index (χ3n) is 3.95. The van der Waals surface area contributed by atoms with E-state index < -0.39 is 5.79 Å². The average molecular weight is 301 g/mol. The van der Waals surface area contributed by atoms with Gasteiger partial charge in [-0.1, -0.05) is 26.0 Å². The molecule has 1 atom stereocenters. The SMILES string of the molecule is CCN(CC)C1=NC(N)(c2cccc(N)c2)NC(C(C)C)=C1. The largest absolute Gasteiger partial charge is 0.399 e. The third-order valence-corrected chi connectivity index (χ3v) is 3.95. The van der Waals surface area contributed by atoms with Crippen molar-refractivity contribution in [3.8, 4) is 0 Å². The standard InChI is InChI=1S/C17H27N5/c1-5-22(6-2)16-11-15(12(3)4)20-17(19,21-16)13-8-7-9-14(18)10-13/h7-12,20H,5-6,18-19H2,1-4H3. The minimum atomic E-state index is -0.984. The van der Waals surface area contributed by atoms with E-state index in [2.05, 4.69) is 44.0 Å². The summed E-state index contributed by atoms with van der Waals surface area (Å²) in [5.74, 6) is 0.268. The van der Waals surface area contributed by atoms with Gasteiger partial charge >= 0.3 is 0 Å². The average Bonchev–Trinajstić information content (AvgIpc) is 2.48. The maximum Gasteiger partial charge on any atom is 0.211 e. The van der Waals surface area contributed by atoms with Gasteiger partial charge in [0.15, 0.2) is 0 Å². The number of rotatable bonds is 4. The molecular formula is C17H27N5. The van der Waals surface area contributed by atoms with Crippen LogP contribution >= 0.6 is 0 Å². The zero-order chi connectivity index (χ0) is 16.3. The Morgan fingerprint density at radius 1 is 1.27 bits per heavy atom. The van der Waals surface area contributed by atoms with E-state index in [1.54, 1.807) is 0 Å². The summed E-state index contributed by atoms with van der Waals surface area (Å²) in [4.78, 5) is 6.98. The number of anilines is 1. The summed E-state index contributed by atoms with van der Waals surface area (Å²) in [6.07, 6.45) is 2.09. The summed E-state index contributed by atoms with van der Waals surface area (Å²) in [6, 6.07) is 7.58. The van der Waals surface area contributed by atoms with Crippen LogP contribution in [0.25, 0.3) is 0 Å². The van der Waals surface area contributed by atoms with Crippen LogP contribution in [0.5, 0.6) is 0 Å². The van der Waals surface area contributed by atoms with Gasteiger partial charge in [-0.2, -0.15) is 0 Å². The fourth-order valence-corrected chi connectivity index (χ4v) is 2.57. The Balaban J connectivity index is 2.49. The van der Waals surface area contributed by atoms with Gasteiger partial charge in [-0.15, -0.1) is 0 Å². The van der Waals surface area contributed by atoms with Gasteiger partial charge in [-0.3, -0.25) is 5.73 Å². The molecule has 0 amide bonds. The first-order valence-electron chi connectivity index (χ1n) is 7.89. The summed E-state index contributed by atoms with van der Waals surface area (Å²) in [5, 5.41) is 3.37. The fourth-order valence-electron chi connectivity index (χ4n) is 2.57. The van der Waals surface area contributed by atoms with Gasteiger partial charge in [-0.05, 0) is 38.0 Å². The van der Waals surface area contributed by atoms with E-state index in [0.717, 1.165) is 30.2 Å². The van der Waals surface area contributed by atoms with Crippen LogP contribution in [0.4, 0.5) is 5.69 Å². The zero-order valence-electron chi connectivity index (χ0n) is 13.9. The second-order valence-electron chi connectivity index (χ2n) is 5.91. The van der Waals surface area contributed by atoms with E-state index in [9.17, 15) is 0 Å². The molecule has 1 aliphatic heterocycles. The van der Waals surface area contributed by atoms with Crippen LogP contribution in [0, 0.1) is 5.92 Å². The predicted molar refractivity (Wildman–Crippen MR) is 93.1 cm³/mol. The number of nitrogens with two attached hydrogens (primary N) is 2. The lowest BCUT2D eigenvalue weighted by molar-refractivity contribution is 0.357. The number of hydrogen-bond donors (Lipinski definition) is 3. The van der Waals surface area contributed by atoms with Gasteiger partial charge in [-0.25, -0.2) is 4.99 Å². The van der Waals surface area contributed by atoms with Crippen LogP contribution in [0.3, 0.4) is 0 Å². The van der Waals surface area contributed by atoms with Gasteiger partial charge in [0.25, 0.3) is 0 Å². The minimum Gasteiger partial charge on any atom is -0.399 e. The summed E-state index contributed by atoms with van der Waals surface area (Å²) in [7, 11) is 0. The number of nitrogens with one attached hydrogen (secondary N) is 1. The number of benzene rings is 1. The van der Waals surface area contributed by atoms with Crippen molar-refractivity contribution in [1.82, 2.24) is 10.2 Å². The molecule has 5 nitrogen and oxygen atoms in total. The second kappa shape index (κ2) is 6.40. The third kappa shape index (κ3) is 3.25. The molecule has 0 fully saturated rings. The van der Waals surface area contributed by atoms with E-state index in [1.165, 1.54) is 0 Å². The fraction of sp³-hybridized carbons (Fsp3) is 0.471. The quantitative estimate of drug-likeness (QED) is 0.745. The van der Waals surface area contributed by atoms with E-state index in [1.807, 2.05) is 24.3 Å². The van der Waals surface area contributed by atoms with Crippen LogP contribution in [-0.4, -0.2) is 23.8 Å². The molecule has 1 aromatic carbocycles. The molecule has 2 rings (SSSR count). The van der Waals surface area contributed by atoms with Gasteiger partial charge in [0.1, 0.15) is 5.84 Å². The molecule has 0 saturated heterocycles. The van der Waals surface area contributed by atoms with Crippen molar-refractivity contribution in [2.45, 2.75) is 33.5 Å². The highest BCUT2D eigenvalue weighted by atomic mass is 15.3. The molecule has 1 aromatic rings.